The number of likely N-dealkylation sites (tertiary alicyclic amines) is 1. The quantitative estimate of drug-likeness (QED) is 0.758. The number of benzene rings is 2. The summed E-state index contributed by atoms with van der Waals surface area (Å²) in [6.07, 6.45) is 1.43. The van der Waals surface area contributed by atoms with Gasteiger partial charge >= 0.3 is 0 Å². The van der Waals surface area contributed by atoms with Gasteiger partial charge in [0.2, 0.25) is 5.91 Å². The summed E-state index contributed by atoms with van der Waals surface area (Å²) in [5, 5.41) is 3.79. The maximum absolute atomic E-state index is 13.1. The fourth-order valence-corrected chi connectivity index (χ4v) is 4.15. The Morgan fingerprint density at radius 3 is 2.43 bits per heavy atom. The Morgan fingerprint density at radius 1 is 1.07 bits per heavy atom. The standard InChI is InChI=1S/C22H21ClFN3O3/c23-15-3-1-2-14(12-15)21(29)26-10-8-17(9-11-26)25-19-13-20(28)27(22(19)30)18-6-4-16(24)5-7-18/h1-7,12,17,19,25H,8-11,13H2/t19-/m0/s1. The van der Waals surface area contributed by atoms with Crippen LogP contribution >= 0.6 is 11.6 Å². The summed E-state index contributed by atoms with van der Waals surface area (Å²) in [7, 11) is 0. The number of nitrogens with one attached hydrogen (secondary N) is 1. The number of amides is 3. The van der Waals surface area contributed by atoms with E-state index in [1.54, 1.807) is 29.2 Å². The molecule has 2 saturated heterocycles. The summed E-state index contributed by atoms with van der Waals surface area (Å²) < 4.78 is 13.1. The van der Waals surface area contributed by atoms with Crippen molar-refractivity contribution in [3.63, 3.8) is 0 Å². The Bertz CT molecular complexity index is 974. The highest BCUT2D eigenvalue weighted by atomic mass is 35.5. The molecule has 0 unspecified atom stereocenters. The molecule has 2 aliphatic rings. The lowest BCUT2D eigenvalue weighted by molar-refractivity contribution is -0.121. The Balaban J connectivity index is 1.34. The molecule has 156 valence electrons. The predicted octanol–water partition coefficient (Wildman–Crippen LogP) is 3.01. The fourth-order valence-electron chi connectivity index (χ4n) is 3.96. The lowest BCUT2D eigenvalue weighted by atomic mass is 10.0. The van der Waals surface area contributed by atoms with Crippen LogP contribution in [0.4, 0.5) is 10.1 Å². The minimum absolute atomic E-state index is 0.0309. The lowest BCUT2D eigenvalue weighted by Gasteiger charge is -2.33. The molecular formula is C22H21ClFN3O3. The Kier molecular flexibility index (Phi) is 5.83. The van der Waals surface area contributed by atoms with Gasteiger partial charge < -0.3 is 10.2 Å². The maximum atomic E-state index is 13.1. The van der Waals surface area contributed by atoms with Gasteiger partial charge in [-0.3, -0.25) is 14.4 Å². The van der Waals surface area contributed by atoms with E-state index in [1.807, 2.05) is 0 Å². The molecule has 1 atom stereocenters. The number of rotatable bonds is 4. The van der Waals surface area contributed by atoms with Gasteiger partial charge in [0.05, 0.1) is 18.2 Å². The van der Waals surface area contributed by atoms with E-state index >= 15 is 0 Å². The number of piperidine rings is 1. The van der Waals surface area contributed by atoms with Crippen molar-refractivity contribution in [2.75, 3.05) is 18.0 Å². The monoisotopic (exact) mass is 429 g/mol. The van der Waals surface area contributed by atoms with E-state index in [0.29, 0.717) is 42.2 Å². The first-order valence-electron chi connectivity index (χ1n) is 9.85. The van der Waals surface area contributed by atoms with Gasteiger partial charge in [-0.15, -0.1) is 0 Å². The van der Waals surface area contributed by atoms with Crippen LogP contribution in [0.5, 0.6) is 0 Å². The van der Waals surface area contributed by atoms with Gasteiger partial charge in [0, 0.05) is 29.7 Å². The third-order valence-electron chi connectivity index (χ3n) is 5.52. The summed E-state index contributed by atoms with van der Waals surface area (Å²) in [6, 6.07) is 11.6. The van der Waals surface area contributed by atoms with Crippen molar-refractivity contribution in [2.45, 2.75) is 31.3 Å². The Hall–Kier alpha value is -2.77. The summed E-state index contributed by atoms with van der Waals surface area (Å²) in [6.45, 7) is 1.11. The van der Waals surface area contributed by atoms with E-state index in [4.69, 9.17) is 11.6 Å². The van der Waals surface area contributed by atoms with Gasteiger partial charge in [-0.1, -0.05) is 17.7 Å². The molecule has 2 aromatic carbocycles. The highest BCUT2D eigenvalue weighted by Crippen LogP contribution is 2.24. The second-order valence-electron chi connectivity index (χ2n) is 7.54. The van der Waals surface area contributed by atoms with Gasteiger partial charge in [0.1, 0.15) is 5.82 Å². The summed E-state index contributed by atoms with van der Waals surface area (Å²) >= 11 is 5.97. The first-order valence-corrected chi connectivity index (χ1v) is 10.2. The number of carbonyl (C=O) groups is 3. The van der Waals surface area contributed by atoms with Crippen LogP contribution in [0, 0.1) is 5.82 Å². The van der Waals surface area contributed by atoms with Crippen LogP contribution in [0.25, 0.3) is 0 Å². The first-order chi connectivity index (χ1) is 14.4. The van der Waals surface area contributed by atoms with Crippen molar-refractivity contribution in [1.82, 2.24) is 10.2 Å². The zero-order chi connectivity index (χ0) is 21.3. The SMILES string of the molecule is O=C(c1cccc(Cl)c1)N1CCC(N[C@H]2CC(=O)N(c3ccc(F)cc3)C2=O)CC1. The van der Waals surface area contributed by atoms with Gasteiger partial charge in [-0.25, -0.2) is 9.29 Å². The van der Waals surface area contributed by atoms with Crippen molar-refractivity contribution in [2.24, 2.45) is 0 Å². The zero-order valence-electron chi connectivity index (χ0n) is 16.2. The largest absolute Gasteiger partial charge is 0.339 e. The molecule has 1 N–H and O–H groups in total. The number of imide groups is 1. The van der Waals surface area contributed by atoms with E-state index in [0.717, 1.165) is 4.90 Å². The van der Waals surface area contributed by atoms with Crippen molar-refractivity contribution in [1.29, 1.82) is 0 Å². The van der Waals surface area contributed by atoms with E-state index in [-0.39, 0.29) is 30.2 Å². The second-order valence-corrected chi connectivity index (χ2v) is 7.98. The highest BCUT2D eigenvalue weighted by molar-refractivity contribution is 6.31. The molecule has 0 radical (unpaired) electrons. The smallest absolute Gasteiger partial charge is 0.253 e. The minimum atomic E-state index is -0.609. The average molecular weight is 430 g/mol. The van der Waals surface area contributed by atoms with E-state index in [2.05, 4.69) is 5.32 Å². The molecule has 2 heterocycles. The van der Waals surface area contributed by atoms with Gasteiger partial charge in [-0.05, 0) is 55.3 Å². The molecule has 0 saturated carbocycles. The van der Waals surface area contributed by atoms with Crippen molar-refractivity contribution >= 4 is 35.0 Å². The molecule has 3 amide bonds. The van der Waals surface area contributed by atoms with Crippen LogP contribution in [-0.4, -0.2) is 47.8 Å². The van der Waals surface area contributed by atoms with Crippen LogP contribution < -0.4 is 10.2 Å². The van der Waals surface area contributed by atoms with Crippen LogP contribution in [0.15, 0.2) is 48.5 Å². The van der Waals surface area contributed by atoms with Crippen molar-refractivity contribution in [3.8, 4) is 0 Å². The summed E-state index contributed by atoms with van der Waals surface area (Å²) in [5.74, 6) is -1.13. The van der Waals surface area contributed by atoms with Gasteiger partial charge in [-0.2, -0.15) is 0 Å². The van der Waals surface area contributed by atoms with E-state index < -0.39 is 11.9 Å². The highest BCUT2D eigenvalue weighted by Gasteiger charge is 2.40. The van der Waals surface area contributed by atoms with Crippen molar-refractivity contribution in [3.05, 3.63) is 64.9 Å². The van der Waals surface area contributed by atoms with E-state index in [9.17, 15) is 18.8 Å². The normalized spacial score (nSPS) is 20.1. The molecule has 0 spiro atoms. The number of hydrogen-bond acceptors (Lipinski definition) is 4. The summed E-state index contributed by atoms with van der Waals surface area (Å²) in [4.78, 5) is 40.6. The Morgan fingerprint density at radius 2 is 1.77 bits per heavy atom. The maximum Gasteiger partial charge on any atom is 0.253 e. The molecule has 8 heteroatoms. The fraction of sp³-hybridized carbons (Fsp3) is 0.318. The molecule has 2 fully saturated rings. The third-order valence-corrected chi connectivity index (χ3v) is 5.76. The van der Waals surface area contributed by atoms with Gasteiger partial charge in [0.25, 0.3) is 11.8 Å². The summed E-state index contributed by atoms with van der Waals surface area (Å²) in [5.41, 5.74) is 0.929. The second kappa shape index (κ2) is 8.53. The number of hydrogen-bond donors (Lipinski definition) is 1. The molecule has 2 aliphatic heterocycles. The van der Waals surface area contributed by atoms with E-state index in [1.165, 1.54) is 24.3 Å². The molecule has 0 aliphatic carbocycles. The number of anilines is 1. The van der Waals surface area contributed by atoms with Crippen LogP contribution in [0.3, 0.4) is 0 Å². The number of nitrogens with zero attached hydrogens (tertiary/aromatic N) is 2. The van der Waals surface area contributed by atoms with Crippen LogP contribution in [-0.2, 0) is 9.59 Å². The molecule has 30 heavy (non-hydrogen) atoms. The first kappa shape index (κ1) is 20.5. The molecule has 2 aromatic rings. The molecule has 4 rings (SSSR count). The topological polar surface area (TPSA) is 69.7 Å². The molecule has 6 nitrogen and oxygen atoms in total. The van der Waals surface area contributed by atoms with Crippen LogP contribution in [0.1, 0.15) is 29.6 Å². The third kappa shape index (κ3) is 4.22. The predicted molar refractivity (Wildman–Crippen MR) is 111 cm³/mol. The molecule has 0 aromatic heterocycles. The minimum Gasteiger partial charge on any atom is -0.339 e. The number of carbonyl (C=O) groups excluding carboxylic acids is 3. The van der Waals surface area contributed by atoms with Gasteiger partial charge in [0.15, 0.2) is 0 Å². The Labute approximate surface area is 178 Å². The number of halogens is 2. The molecular weight excluding hydrogens is 409 g/mol. The van der Waals surface area contributed by atoms with Crippen molar-refractivity contribution < 1.29 is 18.8 Å². The zero-order valence-corrected chi connectivity index (χ0v) is 16.9. The lowest BCUT2D eigenvalue weighted by Crippen LogP contribution is -2.49. The van der Waals surface area contributed by atoms with Crippen LogP contribution in [0.2, 0.25) is 5.02 Å². The molecule has 0 bridgehead atoms. The average Bonchev–Trinajstić information content (AvgIpc) is 3.02.